The monoisotopic (exact) mass is 306 g/mol. The number of hydrogen-bond donors (Lipinski definition) is 1. The Balaban J connectivity index is 2.12. The van der Waals surface area contributed by atoms with E-state index in [1.54, 1.807) is 0 Å². The minimum absolute atomic E-state index is 0.0213. The van der Waals surface area contributed by atoms with Gasteiger partial charge in [-0.2, -0.15) is 4.89 Å². The fraction of sp³-hybridized carbons (Fsp3) is 0.438. The summed E-state index contributed by atoms with van der Waals surface area (Å²) in [5.74, 6) is -1.63. The first-order valence-electron chi connectivity index (χ1n) is 7.17. The van der Waals surface area contributed by atoms with Crippen molar-refractivity contribution in [3.05, 3.63) is 35.4 Å². The zero-order chi connectivity index (χ0) is 15.9. The highest BCUT2D eigenvalue weighted by Crippen LogP contribution is 2.29. The molecular weight excluding hydrogens is 288 g/mol. The topological polar surface area (TPSA) is 89.9 Å². The molecule has 1 aliphatic heterocycles. The molecule has 1 saturated heterocycles. The van der Waals surface area contributed by atoms with E-state index in [-0.39, 0.29) is 31.1 Å². The van der Waals surface area contributed by atoms with Crippen molar-refractivity contribution in [2.75, 3.05) is 6.61 Å². The molecule has 118 valence electrons. The number of hydrogen-bond acceptors (Lipinski definition) is 5. The molecule has 0 radical (unpaired) electrons. The molecule has 1 heterocycles. The molecule has 0 spiro atoms. The summed E-state index contributed by atoms with van der Waals surface area (Å²) >= 11 is 0. The molecule has 22 heavy (non-hydrogen) atoms. The minimum atomic E-state index is -0.931. The van der Waals surface area contributed by atoms with E-state index < -0.39 is 11.9 Å². The van der Waals surface area contributed by atoms with Crippen LogP contribution in [0.5, 0.6) is 0 Å². The van der Waals surface area contributed by atoms with E-state index in [1.165, 1.54) is 0 Å². The molecule has 1 fully saturated rings. The normalized spacial score (nSPS) is 19.8. The van der Waals surface area contributed by atoms with Crippen LogP contribution in [0, 0.1) is 0 Å². The molecule has 1 N–H and O–H groups in total. The van der Waals surface area contributed by atoms with Crippen molar-refractivity contribution in [1.82, 2.24) is 0 Å². The maximum Gasteiger partial charge on any atom is 0.342 e. The van der Waals surface area contributed by atoms with E-state index in [0.29, 0.717) is 13.0 Å². The molecule has 2 rings (SSSR count). The second-order valence-corrected chi connectivity index (χ2v) is 5.33. The summed E-state index contributed by atoms with van der Waals surface area (Å²) in [4.78, 5) is 42.3. The fourth-order valence-electron chi connectivity index (χ4n) is 2.62. The number of benzene rings is 1. The van der Waals surface area contributed by atoms with Gasteiger partial charge >= 0.3 is 11.9 Å². The van der Waals surface area contributed by atoms with Gasteiger partial charge in [0.15, 0.2) is 0 Å². The maximum absolute atomic E-state index is 11.4. The van der Waals surface area contributed by atoms with Gasteiger partial charge in [0.05, 0.1) is 19.4 Å². The maximum atomic E-state index is 11.4. The third kappa shape index (κ3) is 4.39. The summed E-state index contributed by atoms with van der Waals surface area (Å²) in [6, 6.07) is 7.39. The SMILES string of the molecule is O=CCC(CC(=O)O)c1ccc(C2CCOOC(=O)C2)cc1. The standard InChI is InChI=1S/C16H18O6/c17-7-5-13(9-15(18)19)11-1-3-12(4-2-11)14-6-8-21-22-16(20)10-14/h1-4,7,13-14H,5-6,8-10H2,(H,18,19). The van der Waals surface area contributed by atoms with Crippen molar-refractivity contribution in [1.29, 1.82) is 0 Å². The predicted octanol–water partition coefficient (Wildman–Crippen LogP) is 2.19. The van der Waals surface area contributed by atoms with E-state index >= 15 is 0 Å². The van der Waals surface area contributed by atoms with Crippen LogP contribution in [0.3, 0.4) is 0 Å². The van der Waals surface area contributed by atoms with E-state index in [9.17, 15) is 14.4 Å². The summed E-state index contributed by atoms with van der Waals surface area (Å²) in [5.41, 5.74) is 1.79. The molecule has 0 saturated carbocycles. The molecule has 2 unspecified atom stereocenters. The minimum Gasteiger partial charge on any atom is -0.481 e. The summed E-state index contributed by atoms with van der Waals surface area (Å²) in [7, 11) is 0. The highest BCUT2D eigenvalue weighted by atomic mass is 17.2. The lowest BCUT2D eigenvalue weighted by Crippen LogP contribution is -2.08. The highest BCUT2D eigenvalue weighted by molar-refractivity contribution is 5.70. The van der Waals surface area contributed by atoms with E-state index in [0.717, 1.165) is 17.4 Å². The Hall–Kier alpha value is -2.21. The second kappa shape index (κ2) is 7.70. The third-order valence-corrected chi connectivity index (χ3v) is 3.80. The van der Waals surface area contributed by atoms with Gasteiger partial charge in [-0.15, -0.1) is 0 Å². The highest BCUT2D eigenvalue weighted by Gasteiger charge is 2.22. The van der Waals surface area contributed by atoms with Crippen molar-refractivity contribution in [2.45, 2.75) is 37.5 Å². The molecule has 0 aliphatic carbocycles. The number of carbonyl (C=O) groups is 3. The first-order chi connectivity index (χ1) is 10.6. The zero-order valence-electron chi connectivity index (χ0n) is 12.1. The molecule has 6 nitrogen and oxygen atoms in total. The molecule has 1 aromatic carbocycles. The Morgan fingerprint density at radius 2 is 2.09 bits per heavy atom. The quantitative estimate of drug-likeness (QED) is 0.640. The first-order valence-corrected chi connectivity index (χ1v) is 7.17. The summed E-state index contributed by atoms with van der Waals surface area (Å²) in [6.07, 6.45) is 1.77. The average Bonchev–Trinajstić information content (AvgIpc) is 2.71. The van der Waals surface area contributed by atoms with Gasteiger partial charge in [-0.25, -0.2) is 4.79 Å². The molecule has 1 aromatic rings. The largest absolute Gasteiger partial charge is 0.481 e. The van der Waals surface area contributed by atoms with Crippen LogP contribution in [0.25, 0.3) is 0 Å². The van der Waals surface area contributed by atoms with Crippen molar-refractivity contribution in [2.24, 2.45) is 0 Å². The molecule has 0 bridgehead atoms. The Morgan fingerprint density at radius 1 is 1.36 bits per heavy atom. The van der Waals surface area contributed by atoms with E-state index in [2.05, 4.69) is 4.89 Å². The lowest BCUT2D eigenvalue weighted by Gasteiger charge is -2.16. The Kier molecular flexibility index (Phi) is 5.66. The van der Waals surface area contributed by atoms with Gasteiger partial charge in [0.1, 0.15) is 6.29 Å². The van der Waals surface area contributed by atoms with Gasteiger partial charge < -0.3 is 9.90 Å². The smallest absolute Gasteiger partial charge is 0.342 e. The van der Waals surface area contributed by atoms with Crippen LogP contribution in [0.15, 0.2) is 24.3 Å². The fourth-order valence-corrected chi connectivity index (χ4v) is 2.62. The van der Waals surface area contributed by atoms with Crippen LogP contribution < -0.4 is 0 Å². The predicted molar refractivity (Wildman–Crippen MR) is 76.1 cm³/mol. The van der Waals surface area contributed by atoms with E-state index in [1.807, 2.05) is 24.3 Å². The van der Waals surface area contributed by atoms with Gasteiger partial charge in [-0.1, -0.05) is 24.3 Å². The van der Waals surface area contributed by atoms with Gasteiger partial charge in [0, 0.05) is 12.3 Å². The molecule has 1 aliphatic rings. The van der Waals surface area contributed by atoms with Crippen molar-refractivity contribution in [3.8, 4) is 0 Å². The Bertz CT molecular complexity index is 536. The first kappa shape index (κ1) is 16.2. The van der Waals surface area contributed by atoms with Crippen molar-refractivity contribution < 1.29 is 29.3 Å². The molecule has 0 amide bonds. The lowest BCUT2D eigenvalue weighted by molar-refractivity contribution is -0.267. The third-order valence-electron chi connectivity index (χ3n) is 3.80. The number of rotatable bonds is 6. The second-order valence-electron chi connectivity index (χ2n) is 5.33. The van der Waals surface area contributed by atoms with Gasteiger partial charge in [0.2, 0.25) is 0 Å². The van der Waals surface area contributed by atoms with Crippen molar-refractivity contribution >= 4 is 18.2 Å². The number of carbonyl (C=O) groups excluding carboxylic acids is 2. The average molecular weight is 306 g/mol. The number of carboxylic acid groups (broad SMARTS) is 1. The van der Waals surface area contributed by atoms with E-state index in [4.69, 9.17) is 9.99 Å². The van der Waals surface area contributed by atoms with Gasteiger partial charge in [0.25, 0.3) is 0 Å². The van der Waals surface area contributed by atoms with Crippen molar-refractivity contribution in [3.63, 3.8) is 0 Å². The van der Waals surface area contributed by atoms with Crippen LogP contribution in [0.2, 0.25) is 0 Å². The van der Waals surface area contributed by atoms with Gasteiger partial charge in [-0.3, -0.25) is 9.68 Å². The number of aliphatic carboxylic acids is 1. The summed E-state index contributed by atoms with van der Waals surface area (Å²) < 4.78 is 0. The molecule has 6 heteroatoms. The van der Waals surface area contributed by atoms with Crippen LogP contribution in [-0.4, -0.2) is 29.9 Å². The van der Waals surface area contributed by atoms with Crippen LogP contribution >= 0.6 is 0 Å². The van der Waals surface area contributed by atoms with Crippen LogP contribution in [0.1, 0.15) is 48.6 Å². The summed E-state index contributed by atoms with van der Waals surface area (Å²) in [5, 5.41) is 8.91. The Labute approximate surface area is 128 Å². The summed E-state index contributed by atoms with van der Waals surface area (Å²) in [6.45, 7) is 0.352. The van der Waals surface area contributed by atoms with Crippen LogP contribution in [-0.2, 0) is 24.2 Å². The Morgan fingerprint density at radius 3 is 2.73 bits per heavy atom. The molecule has 0 aromatic heterocycles. The van der Waals surface area contributed by atoms with Gasteiger partial charge in [-0.05, 0) is 23.5 Å². The van der Waals surface area contributed by atoms with Crippen LogP contribution in [0.4, 0.5) is 0 Å². The number of carboxylic acids is 1. The number of aldehydes is 1. The lowest BCUT2D eigenvalue weighted by atomic mass is 9.88. The molecular formula is C16H18O6. The zero-order valence-corrected chi connectivity index (χ0v) is 12.1. The molecule has 2 atom stereocenters.